The summed E-state index contributed by atoms with van der Waals surface area (Å²) < 4.78 is 17.4. The molecule has 0 saturated heterocycles. The van der Waals surface area contributed by atoms with Gasteiger partial charge in [0.1, 0.15) is 5.82 Å². The summed E-state index contributed by atoms with van der Waals surface area (Å²) >= 11 is 0. The molecule has 0 saturated carbocycles. The summed E-state index contributed by atoms with van der Waals surface area (Å²) in [5, 5.41) is 34.4. The van der Waals surface area contributed by atoms with Crippen LogP contribution >= 0.6 is 0 Å². The third-order valence-electron chi connectivity index (χ3n) is 6.72. The van der Waals surface area contributed by atoms with Gasteiger partial charge >= 0.3 is 0 Å². The van der Waals surface area contributed by atoms with E-state index in [1.807, 2.05) is 6.92 Å². The van der Waals surface area contributed by atoms with Gasteiger partial charge in [0.05, 0.1) is 46.0 Å². The van der Waals surface area contributed by atoms with E-state index in [1.165, 1.54) is 0 Å². The minimum atomic E-state index is -0.868. The number of nitrogens with zero attached hydrogens (tertiary/aromatic N) is 6. The van der Waals surface area contributed by atoms with Gasteiger partial charge in [0.2, 0.25) is 0 Å². The van der Waals surface area contributed by atoms with Gasteiger partial charge in [-0.1, -0.05) is 0 Å². The van der Waals surface area contributed by atoms with Crippen LogP contribution in [0.1, 0.15) is 53.9 Å². The van der Waals surface area contributed by atoms with Crippen molar-refractivity contribution in [2.24, 2.45) is 0 Å². The standard InChI is InChI=1S/C25H25FN8O/c1-7-34-11-20(13(3)32-34)25(35)29-24-17-8-16(22(26)12(2)23(17)30-31-24)21-18(9-27)14(4)33(6)15(5)19(21)10-28/h8,11,21H,7H2,1-6H3,(H2,29,30,31,35). The highest BCUT2D eigenvalue weighted by molar-refractivity contribution is 6.08. The molecule has 1 aliphatic rings. The number of rotatable bonds is 4. The number of H-pyrrole nitrogens is 1. The molecule has 1 aliphatic heterocycles. The molecule has 1 aromatic carbocycles. The van der Waals surface area contributed by atoms with E-state index in [1.54, 1.807) is 56.6 Å². The minimum absolute atomic E-state index is 0.182. The Morgan fingerprint density at radius 1 is 1.20 bits per heavy atom. The van der Waals surface area contributed by atoms with Gasteiger partial charge in [-0.2, -0.15) is 20.7 Å². The summed E-state index contributed by atoms with van der Waals surface area (Å²) in [4.78, 5) is 14.7. The van der Waals surface area contributed by atoms with Gasteiger partial charge in [-0.3, -0.25) is 14.6 Å². The molecular weight excluding hydrogens is 447 g/mol. The number of nitriles is 2. The molecule has 0 unspecified atom stereocenters. The summed E-state index contributed by atoms with van der Waals surface area (Å²) in [7, 11) is 1.77. The molecule has 9 nitrogen and oxygen atoms in total. The van der Waals surface area contributed by atoms with Crippen molar-refractivity contribution >= 4 is 22.6 Å². The van der Waals surface area contributed by atoms with Crippen molar-refractivity contribution in [1.29, 1.82) is 10.5 Å². The average molecular weight is 473 g/mol. The maximum Gasteiger partial charge on any atom is 0.260 e. The summed E-state index contributed by atoms with van der Waals surface area (Å²) in [5.74, 6) is -1.56. The zero-order valence-electron chi connectivity index (χ0n) is 20.4. The SMILES string of the molecule is CCn1cc(C(=O)Nc2n[nH]c3c(C)c(F)c(C4C(C#N)=C(C)N(C)C(C)=C4C#N)cc23)c(C)n1. The molecule has 2 N–H and O–H groups in total. The number of fused-ring (bicyclic) bond motifs is 1. The largest absolute Gasteiger partial charge is 0.350 e. The highest BCUT2D eigenvalue weighted by Crippen LogP contribution is 2.43. The van der Waals surface area contributed by atoms with Crippen molar-refractivity contribution in [2.45, 2.75) is 47.1 Å². The molecule has 0 radical (unpaired) electrons. The second-order valence-electron chi connectivity index (χ2n) is 8.55. The molecule has 4 rings (SSSR count). The van der Waals surface area contributed by atoms with E-state index >= 15 is 4.39 Å². The lowest BCUT2D eigenvalue weighted by Crippen LogP contribution is -2.26. The van der Waals surface area contributed by atoms with Crippen LogP contribution in [0.15, 0.2) is 34.8 Å². The van der Waals surface area contributed by atoms with Crippen LogP contribution in [-0.4, -0.2) is 37.8 Å². The number of benzene rings is 1. The fraction of sp³-hybridized carbons (Fsp3) is 0.320. The van der Waals surface area contributed by atoms with E-state index < -0.39 is 11.7 Å². The number of carbonyl (C=O) groups excluding carboxylic acids is 1. The van der Waals surface area contributed by atoms with Crippen LogP contribution in [0.4, 0.5) is 10.2 Å². The maximum atomic E-state index is 15.7. The molecule has 3 aromatic rings. The van der Waals surface area contributed by atoms with Crippen LogP contribution in [0.3, 0.4) is 0 Å². The lowest BCUT2D eigenvalue weighted by atomic mass is 9.80. The topological polar surface area (TPSA) is 126 Å². The molecule has 0 fully saturated rings. The first-order valence-electron chi connectivity index (χ1n) is 11.1. The van der Waals surface area contributed by atoms with Gasteiger partial charge in [-0.05, 0) is 40.7 Å². The number of hydrogen-bond acceptors (Lipinski definition) is 6. The zero-order valence-corrected chi connectivity index (χ0v) is 20.4. The van der Waals surface area contributed by atoms with Crippen molar-refractivity contribution in [3.63, 3.8) is 0 Å². The second-order valence-corrected chi connectivity index (χ2v) is 8.55. The van der Waals surface area contributed by atoms with Crippen LogP contribution in [0, 0.1) is 42.3 Å². The monoisotopic (exact) mass is 472 g/mol. The van der Waals surface area contributed by atoms with Crippen LogP contribution < -0.4 is 5.32 Å². The van der Waals surface area contributed by atoms with Crippen LogP contribution in [-0.2, 0) is 6.54 Å². The number of aromatic amines is 1. The van der Waals surface area contributed by atoms with Gasteiger partial charge in [0, 0.05) is 47.7 Å². The Labute approximate surface area is 202 Å². The van der Waals surface area contributed by atoms with Crippen LogP contribution in [0.2, 0.25) is 0 Å². The number of nitrogens with one attached hydrogen (secondary N) is 2. The molecular formula is C25H25FN8O. The lowest BCUT2D eigenvalue weighted by Gasteiger charge is -2.33. The Kier molecular flexibility index (Phi) is 5.91. The predicted octanol–water partition coefficient (Wildman–Crippen LogP) is 4.41. The first kappa shape index (κ1) is 23.7. The van der Waals surface area contributed by atoms with E-state index in [9.17, 15) is 15.3 Å². The van der Waals surface area contributed by atoms with Gasteiger partial charge in [-0.25, -0.2) is 4.39 Å². The van der Waals surface area contributed by atoms with Gasteiger partial charge in [0.25, 0.3) is 5.91 Å². The Balaban J connectivity index is 1.87. The summed E-state index contributed by atoms with van der Waals surface area (Å²) in [6.45, 7) is 9.44. The quantitative estimate of drug-likeness (QED) is 0.579. The number of hydrogen-bond donors (Lipinski definition) is 2. The van der Waals surface area contributed by atoms with Crippen LogP contribution in [0.5, 0.6) is 0 Å². The highest BCUT2D eigenvalue weighted by atomic mass is 19.1. The fourth-order valence-electron chi connectivity index (χ4n) is 4.48. The third-order valence-corrected chi connectivity index (χ3v) is 6.72. The van der Waals surface area contributed by atoms with Crippen molar-refractivity contribution in [2.75, 3.05) is 12.4 Å². The average Bonchev–Trinajstić information content (AvgIpc) is 3.42. The number of carbonyl (C=O) groups is 1. The van der Waals surface area contributed by atoms with Crippen molar-refractivity contribution in [1.82, 2.24) is 24.9 Å². The number of allylic oxidation sites excluding steroid dienone is 4. The van der Waals surface area contributed by atoms with E-state index in [0.717, 1.165) is 0 Å². The first-order chi connectivity index (χ1) is 16.6. The number of aryl methyl sites for hydroxylation is 3. The molecule has 0 atom stereocenters. The van der Waals surface area contributed by atoms with Gasteiger partial charge < -0.3 is 10.2 Å². The van der Waals surface area contributed by atoms with E-state index in [4.69, 9.17) is 0 Å². The Hall–Kier alpha value is -4.44. The summed E-state index contributed by atoms with van der Waals surface area (Å²) in [5.41, 5.74) is 3.77. The Morgan fingerprint density at radius 3 is 2.37 bits per heavy atom. The summed E-state index contributed by atoms with van der Waals surface area (Å²) in [6, 6.07) is 5.90. The normalized spacial score (nSPS) is 14.5. The number of anilines is 1. The van der Waals surface area contributed by atoms with E-state index in [2.05, 4.69) is 32.8 Å². The van der Waals surface area contributed by atoms with Crippen molar-refractivity contribution in [3.8, 4) is 12.1 Å². The maximum absolute atomic E-state index is 15.7. The zero-order chi connectivity index (χ0) is 25.6. The summed E-state index contributed by atoms with van der Waals surface area (Å²) in [6.07, 6.45) is 1.66. The Morgan fingerprint density at radius 2 is 1.83 bits per heavy atom. The molecule has 178 valence electrons. The molecule has 1 amide bonds. The molecule has 2 aromatic heterocycles. The molecule has 0 bridgehead atoms. The van der Waals surface area contributed by atoms with Crippen molar-refractivity contribution in [3.05, 3.63) is 63.0 Å². The Bertz CT molecular complexity index is 1490. The van der Waals surface area contributed by atoms with E-state index in [-0.39, 0.29) is 22.9 Å². The predicted molar refractivity (Wildman–Crippen MR) is 129 cm³/mol. The third kappa shape index (κ3) is 3.64. The van der Waals surface area contributed by atoms with Crippen molar-refractivity contribution < 1.29 is 9.18 Å². The van der Waals surface area contributed by atoms with Gasteiger partial charge in [-0.15, -0.1) is 0 Å². The molecule has 0 aliphatic carbocycles. The van der Waals surface area contributed by atoms with Gasteiger partial charge in [0.15, 0.2) is 5.82 Å². The smallest absolute Gasteiger partial charge is 0.260 e. The number of amides is 1. The minimum Gasteiger partial charge on any atom is -0.350 e. The highest BCUT2D eigenvalue weighted by Gasteiger charge is 2.35. The van der Waals surface area contributed by atoms with Crippen LogP contribution in [0.25, 0.3) is 10.9 Å². The first-order valence-corrected chi connectivity index (χ1v) is 11.1. The number of halogens is 1. The lowest BCUT2D eigenvalue weighted by molar-refractivity contribution is 0.102. The van der Waals surface area contributed by atoms with E-state index in [0.29, 0.717) is 51.2 Å². The number of aromatic nitrogens is 4. The molecule has 35 heavy (non-hydrogen) atoms. The second kappa shape index (κ2) is 8.73. The molecule has 0 spiro atoms. The molecule has 10 heteroatoms. The molecule has 3 heterocycles. The fourth-order valence-corrected chi connectivity index (χ4v) is 4.48.